The Bertz CT molecular complexity index is 976. The highest BCUT2D eigenvalue weighted by molar-refractivity contribution is 6.08. The van der Waals surface area contributed by atoms with Crippen molar-refractivity contribution in [3.8, 4) is 11.5 Å². The number of para-hydroxylation sites is 1. The third-order valence-corrected chi connectivity index (χ3v) is 6.40. The third kappa shape index (κ3) is 3.10. The number of benzene rings is 2. The number of carbonyl (C=O) groups is 1. The van der Waals surface area contributed by atoms with Gasteiger partial charge in [-0.05, 0) is 62.7 Å². The van der Waals surface area contributed by atoms with Crippen molar-refractivity contribution in [2.45, 2.75) is 25.2 Å². The molecule has 3 aliphatic heterocycles. The van der Waals surface area contributed by atoms with E-state index in [0.717, 1.165) is 44.7 Å². The van der Waals surface area contributed by atoms with Crippen LogP contribution in [0.2, 0.25) is 0 Å². The average molecular weight is 390 g/mol. The zero-order valence-electron chi connectivity index (χ0n) is 16.8. The number of piperidine rings is 1. The molecule has 0 bridgehead atoms. The Morgan fingerprint density at radius 3 is 2.66 bits per heavy atom. The van der Waals surface area contributed by atoms with Gasteiger partial charge in [0, 0.05) is 29.8 Å². The second-order valence-corrected chi connectivity index (χ2v) is 8.49. The standard InChI is InChI=1S/C24H26N2O3/c1-17(2)14-25-11-9-24(10-12-25)15-26(20-6-4-3-5-19(20)24)23(27)18-7-8-21-22(13-18)29-16-28-21/h3-8,13H,1,9-12,14-16H2,2H3. The lowest BCUT2D eigenvalue weighted by atomic mass is 9.74. The minimum atomic E-state index is 0.0250. The minimum absolute atomic E-state index is 0.0250. The largest absolute Gasteiger partial charge is 0.454 e. The van der Waals surface area contributed by atoms with E-state index in [1.165, 1.54) is 11.1 Å². The summed E-state index contributed by atoms with van der Waals surface area (Å²) in [6, 6.07) is 13.9. The van der Waals surface area contributed by atoms with Crippen LogP contribution in [0.25, 0.3) is 0 Å². The molecule has 0 aromatic heterocycles. The maximum absolute atomic E-state index is 13.5. The summed E-state index contributed by atoms with van der Waals surface area (Å²) in [5.41, 5.74) is 4.23. The normalized spacial score (nSPS) is 19.4. The van der Waals surface area contributed by atoms with E-state index in [1.807, 2.05) is 23.1 Å². The van der Waals surface area contributed by atoms with Gasteiger partial charge in [0.1, 0.15) is 0 Å². The summed E-state index contributed by atoms with van der Waals surface area (Å²) in [5, 5.41) is 0. The number of hydrogen-bond acceptors (Lipinski definition) is 4. The van der Waals surface area contributed by atoms with Gasteiger partial charge in [-0.2, -0.15) is 0 Å². The van der Waals surface area contributed by atoms with Gasteiger partial charge < -0.3 is 14.4 Å². The average Bonchev–Trinajstić information content (AvgIpc) is 3.32. The maximum Gasteiger partial charge on any atom is 0.258 e. The zero-order chi connectivity index (χ0) is 20.0. The Labute approximate surface area is 171 Å². The van der Waals surface area contributed by atoms with E-state index in [-0.39, 0.29) is 18.1 Å². The van der Waals surface area contributed by atoms with Crippen LogP contribution in [0.4, 0.5) is 5.69 Å². The smallest absolute Gasteiger partial charge is 0.258 e. The quantitative estimate of drug-likeness (QED) is 0.744. The van der Waals surface area contributed by atoms with E-state index < -0.39 is 0 Å². The molecule has 0 saturated carbocycles. The molecule has 29 heavy (non-hydrogen) atoms. The summed E-state index contributed by atoms with van der Waals surface area (Å²) in [5.74, 6) is 1.37. The van der Waals surface area contributed by atoms with Crippen LogP contribution >= 0.6 is 0 Å². The molecular weight excluding hydrogens is 364 g/mol. The third-order valence-electron chi connectivity index (χ3n) is 6.40. The van der Waals surface area contributed by atoms with Crippen LogP contribution in [0.3, 0.4) is 0 Å². The highest BCUT2D eigenvalue weighted by atomic mass is 16.7. The number of fused-ring (bicyclic) bond motifs is 3. The second kappa shape index (κ2) is 6.92. The molecule has 0 N–H and O–H groups in total. The van der Waals surface area contributed by atoms with Crippen LogP contribution in [0, 0.1) is 0 Å². The summed E-state index contributed by atoms with van der Waals surface area (Å²) in [7, 11) is 0. The molecule has 1 spiro atoms. The number of likely N-dealkylation sites (tertiary alicyclic amines) is 1. The summed E-state index contributed by atoms with van der Waals surface area (Å²) < 4.78 is 10.9. The molecule has 150 valence electrons. The first-order chi connectivity index (χ1) is 14.1. The number of ether oxygens (including phenoxy) is 2. The predicted octanol–water partition coefficient (Wildman–Crippen LogP) is 3.99. The predicted molar refractivity (Wildman–Crippen MR) is 113 cm³/mol. The number of amides is 1. The minimum Gasteiger partial charge on any atom is -0.454 e. The fraction of sp³-hybridized carbons (Fsp3) is 0.375. The summed E-state index contributed by atoms with van der Waals surface area (Å²) in [4.78, 5) is 17.9. The van der Waals surface area contributed by atoms with Crippen molar-refractivity contribution in [2.75, 3.05) is 37.9 Å². The van der Waals surface area contributed by atoms with E-state index in [4.69, 9.17) is 9.47 Å². The van der Waals surface area contributed by atoms with Crippen LogP contribution in [0.5, 0.6) is 11.5 Å². The van der Waals surface area contributed by atoms with Gasteiger partial charge in [0.05, 0.1) is 0 Å². The summed E-state index contributed by atoms with van der Waals surface area (Å²) in [6.45, 7) is 10.1. The SMILES string of the molecule is C=C(C)CN1CCC2(CC1)CN(C(=O)c1ccc3c(c1)OCO3)c1ccccc12. The van der Waals surface area contributed by atoms with Gasteiger partial charge in [0.2, 0.25) is 6.79 Å². The molecular formula is C24H26N2O3. The highest BCUT2D eigenvalue weighted by Crippen LogP contribution is 2.47. The van der Waals surface area contributed by atoms with Gasteiger partial charge in [-0.15, -0.1) is 0 Å². The number of rotatable bonds is 3. The maximum atomic E-state index is 13.5. The Morgan fingerprint density at radius 1 is 1.10 bits per heavy atom. The molecule has 0 atom stereocenters. The lowest BCUT2D eigenvalue weighted by Gasteiger charge is -2.40. The fourth-order valence-electron chi connectivity index (χ4n) is 4.95. The summed E-state index contributed by atoms with van der Waals surface area (Å²) in [6.07, 6.45) is 2.12. The van der Waals surface area contributed by atoms with Crippen molar-refractivity contribution in [1.29, 1.82) is 0 Å². The monoisotopic (exact) mass is 390 g/mol. The topological polar surface area (TPSA) is 42.0 Å². The Morgan fingerprint density at radius 2 is 1.86 bits per heavy atom. The molecule has 0 radical (unpaired) electrons. The molecule has 0 aliphatic carbocycles. The molecule has 1 fully saturated rings. The van der Waals surface area contributed by atoms with Gasteiger partial charge in [0.15, 0.2) is 11.5 Å². The van der Waals surface area contributed by atoms with Gasteiger partial charge in [0.25, 0.3) is 5.91 Å². The van der Waals surface area contributed by atoms with E-state index in [2.05, 4.69) is 36.6 Å². The molecule has 3 aliphatic rings. The number of hydrogen-bond donors (Lipinski definition) is 0. The van der Waals surface area contributed by atoms with Crippen molar-refractivity contribution >= 4 is 11.6 Å². The Kier molecular flexibility index (Phi) is 4.36. The number of anilines is 1. The molecule has 1 saturated heterocycles. The van der Waals surface area contributed by atoms with Gasteiger partial charge in [-0.3, -0.25) is 9.69 Å². The summed E-state index contributed by atoms with van der Waals surface area (Å²) >= 11 is 0. The van der Waals surface area contributed by atoms with E-state index in [9.17, 15) is 4.79 Å². The van der Waals surface area contributed by atoms with E-state index in [1.54, 1.807) is 6.07 Å². The zero-order valence-corrected chi connectivity index (χ0v) is 16.8. The first kappa shape index (κ1) is 18.3. The lowest BCUT2D eigenvalue weighted by Crippen LogP contribution is -2.46. The molecule has 5 rings (SSSR count). The molecule has 0 unspecified atom stereocenters. The van der Waals surface area contributed by atoms with Crippen molar-refractivity contribution in [2.24, 2.45) is 0 Å². The van der Waals surface area contributed by atoms with E-state index in [0.29, 0.717) is 17.1 Å². The van der Waals surface area contributed by atoms with Gasteiger partial charge in [-0.25, -0.2) is 0 Å². The Hall–Kier alpha value is -2.79. The van der Waals surface area contributed by atoms with Crippen LogP contribution in [-0.2, 0) is 5.41 Å². The van der Waals surface area contributed by atoms with Crippen molar-refractivity contribution in [3.63, 3.8) is 0 Å². The van der Waals surface area contributed by atoms with Crippen LogP contribution < -0.4 is 14.4 Å². The molecule has 1 amide bonds. The van der Waals surface area contributed by atoms with Crippen molar-refractivity contribution < 1.29 is 14.3 Å². The lowest BCUT2D eigenvalue weighted by molar-refractivity contribution is 0.0977. The van der Waals surface area contributed by atoms with E-state index >= 15 is 0 Å². The highest BCUT2D eigenvalue weighted by Gasteiger charge is 2.46. The van der Waals surface area contributed by atoms with Crippen molar-refractivity contribution in [3.05, 3.63) is 65.7 Å². The number of carbonyl (C=O) groups excluding carboxylic acids is 1. The molecule has 5 heteroatoms. The molecule has 5 nitrogen and oxygen atoms in total. The first-order valence-corrected chi connectivity index (χ1v) is 10.2. The van der Waals surface area contributed by atoms with Crippen LogP contribution in [-0.4, -0.2) is 43.8 Å². The van der Waals surface area contributed by atoms with Crippen molar-refractivity contribution in [1.82, 2.24) is 4.90 Å². The number of nitrogens with zero attached hydrogens (tertiary/aromatic N) is 2. The van der Waals surface area contributed by atoms with Crippen LogP contribution in [0.15, 0.2) is 54.6 Å². The van der Waals surface area contributed by atoms with Crippen LogP contribution in [0.1, 0.15) is 35.7 Å². The fourth-order valence-corrected chi connectivity index (χ4v) is 4.95. The van der Waals surface area contributed by atoms with Gasteiger partial charge >= 0.3 is 0 Å². The van der Waals surface area contributed by atoms with Gasteiger partial charge in [-0.1, -0.05) is 30.4 Å². The first-order valence-electron chi connectivity index (χ1n) is 10.2. The molecule has 2 aromatic rings. The second-order valence-electron chi connectivity index (χ2n) is 8.49. The Balaban J connectivity index is 1.43. The molecule has 3 heterocycles. The molecule has 2 aromatic carbocycles.